The first-order valence-electron chi connectivity index (χ1n) is 13.2. The second kappa shape index (κ2) is 13.5. The number of ether oxygens (including phenoxy) is 2. The molecule has 204 valence electrons. The number of rotatable bonds is 10. The molecule has 1 aliphatic rings. The fourth-order valence-corrected chi connectivity index (χ4v) is 4.32. The number of hydrogen-bond donors (Lipinski definition) is 2. The average molecular weight is 529 g/mol. The summed E-state index contributed by atoms with van der Waals surface area (Å²) in [4.78, 5) is 26.7. The van der Waals surface area contributed by atoms with Crippen LogP contribution in [0.3, 0.4) is 0 Å². The minimum Gasteiger partial charge on any atom is -0.493 e. The van der Waals surface area contributed by atoms with Gasteiger partial charge in [-0.05, 0) is 97.8 Å². The van der Waals surface area contributed by atoms with E-state index >= 15 is 0 Å². The normalized spacial score (nSPS) is 13.3. The maximum atomic E-state index is 12.7. The second-order valence-corrected chi connectivity index (χ2v) is 9.69. The average Bonchev–Trinajstić information content (AvgIpc) is 2.97. The number of nitrogens with zero attached hydrogens (tertiary/aromatic N) is 2. The van der Waals surface area contributed by atoms with E-state index in [2.05, 4.69) is 15.8 Å². The van der Waals surface area contributed by atoms with Crippen LogP contribution in [-0.4, -0.2) is 49.7 Å². The van der Waals surface area contributed by atoms with Crippen molar-refractivity contribution in [2.24, 2.45) is 5.10 Å². The lowest BCUT2D eigenvalue weighted by atomic mass is 10.1. The number of hydrogen-bond acceptors (Lipinski definition) is 6. The highest BCUT2D eigenvalue weighted by atomic mass is 16.5. The molecule has 0 bridgehead atoms. The van der Waals surface area contributed by atoms with Gasteiger partial charge < -0.3 is 19.7 Å². The summed E-state index contributed by atoms with van der Waals surface area (Å²) >= 11 is 0. The third kappa shape index (κ3) is 7.83. The first kappa shape index (κ1) is 27.7. The van der Waals surface area contributed by atoms with E-state index in [-0.39, 0.29) is 18.4 Å². The van der Waals surface area contributed by atoms with Crippen LogP contribution in [0.4, 0.5) is 5.69 Å². The van der Waals surface area contributed by atoms with Crippen LogP contribution in [-0.2, 0) is 11.4 Å². The maximum absolute atomic E-state index is 12.7. The van der Waals surface area contributed by atoms with Crippen LogP contribution in [0, 0.1) is 13.8 Å². The van der Waals surface area contributed by atoms with E-state index in [1.54, 1.807) is 25.5 Å². The molecule has 1 aliphatic heterocycles. The number of hydrazone groups is 1. The minimum atomic E-state index is -0.250. The van der Waals surface area contributed by atoms with Crippen molar-refractivity contribution in [3.8, 4) is 11.5 Å². The lowest BCUT2D eigenvalue weighted by Crippen LogP contribution is -2.35. The van der Waals surface area contributed by atoms with Crippen molar-refractivity contribution >= 4 is 23.7 Å². The van der Waals surface area contributed by atoms with E-state index in [4.69, 9.17) is 9.47 Å². The van der Waals surface area contributed by atoms with Crippen LogP contribution in [0.15, 0.2) is 65.8 Å². The summed E-state index contributed by atoms with van der Waals surface area (Å²) in [5.41, 5.74) is 8.20. The number of piperidine rings is 1. The monoisotopic (exact) mass is 528 g/mol. The van der Waals surface area contributed by atoms with Gasteiger partial charge in [0.1, 0.15) is 6.61 Å². The second-order valence-electron chi connectivity index (χ2n) is 9.69. The Morgan fingerprint density at radius 2 is 1.69 bits per heavy atom. The fraction of sp³-hybridized carbons (Fsp3) is 0.323. The summed E-state index contributed by atoms with van der Waals surface area (Å²) in [7, 11) is 1.57. The van der Waals surface area contributed by atoms with Crippen LogP contribution in [0.1, 0.15) is 51.9 Å². The Morgan fingerprint density at radius 3 is 2.41 bits per heavy atom. The molecule has 2 amide bonds. The quantitative estimate of drug-likeness (QED) is 0.283. The van der Waals surface area contributed by atoms with Crippen LogP contribution >= 0.6 is 0 Å². The molecule has 2 N–H and O–H groups in total. The predicted octanol–water partition coefficient (Wildman–Crippen LogP) is 5.08. The lowest BCUT2D eigenvalue weighted by molar-refractivity contribution is -0.119. The van der Waals surface area contributed by atoms with Gasteiger partial charge in [0.25, 0.3) is 11.8 Å². The van der Waals surface area contributed by atoms with Crippen LogP contribution in [0.25, 0.3) is 0 Å². The number of aryl methyl sites for hydroxylation is 2. The van der Waals surface area contributed by atoms with Crippen molar-refractivity contribution in [2.45, 2.75) is 39.7 Å². The third-order valence-corrected chi connectivity index (χ3v) is 6.79. The molecule has 0 radical (unpaired) electrons. The molecule has 3 aromatic carbocycles. The van der Waals surface area contributed by atoms with Gasteiger partial charge in [0.05, 0.1) is 19.9 Å². The molecule has 1 fully saturated rings. The number of methoxy groups -OCH3 is 1. The number of benzene rings is 3. The van der Waals surface area contributed by atoms with Gasteiger partial charge in [0.15, 0.2) is 11.5 Å². The van der Waals surface area contributed by atoms with Gasteiger partial charge in [-0.15, -0.1) is 0 Å². The van der Waals surface area contributed by atoms with E-state index < -0.39 is 0 Å². The summed E-state index contributed by atoms with van der Waals surface area (Å²) in [6, 6.07) is 19.0. The number of amides is 2. The van der Waals surface area contributed by atoms with Gasteiger partial charge in [0.2, 0.25) is 0 Å². The Kier molecular flexibility index (Phi) is 9.56. The highest BCUT2D eigenvalue weighted by Crippen LogP contribution is 2.28. The Morgan fingerprint density at radius 1 is 0.923 bits per heavy atom. The first-order valence-corrected chi connectivity index (χ1v) is 13.2. The number of carbonyl (C=O) groups excluding carboxylic acids is 2. The molecule has 0 saturated carbocycles. The van der Waals surface area contributed by atoms with Crippen LogP contribution in [0.2, 0.25) is 0 Å². The first-order chi connectivity index (χ1) is 18.9. The van der Waals surface area contributed by atoms with Gasteiger partial charge in [-0.3, -0.25) is 9.59 Å². The topological polar surface area (TPSA) is 92.3 Å². The van der Waals surface area contributed by atoms with Gasteiger partial charge >= 0.3 is 0 Å². The van der Waals surface area contributed by atoms with Crippen LogP contribution < -0.4 is 20.2 Å². The number of likely N-dealkylation sites (tertiary alicyclic amines) is 1. The van der Waals surface area contributed by atoms with Crippen molar-refractivity contribution in [3.63, 3.8) is 0 Å². The Balaban J connectivity index is 1.26. The summed E-state index contributed by atoms with van der Waals surface area (Å²) < 4.78 is 11.5. The predicted molar refractivity (Wildman–Crippen MR) is 154 cm³/mol. The minimum absolute atomic E-state index is 0.0925. The SMILES string of the molecule is COc1cc(/C=N\NC(=O)CNc2ccc(C)c(C)c2)ccc1OCc1ccc(C(=O)N2CCCCC2)cc1. The zero-order valence-electron chi connectivity index (χ0n) is 22.8. The number of carbonyl (C=O) groups is 2. The van der Waals surface area contributed by atoms with Crippen molar-refractivity contribution in [2.75, 3.05) is 32.1 Å². The zero-order valence-corrected chi connectivity index (χ0v) is 22.8. The summed E-state index contributed by atoms with van der Waals surface area (Å²) in [6.07, 6.45) is 4.90. The molecule has 0 aromatic heterocycles. The molecule has 8 nitrogen and oxygen atoms in total. The van der Waals surface area contributed by atoms with Gasteiger partial charge in [-0.1, -0.05) is 18.2 Å². The molecule has 39 heavy (non-hydrogen) atoms. The molecule has 1 saturated heterocycles. The van der Waals surface area contributed by atoms with Crippen molar-refractivity contribution in [3.05, 3.63) is 88.5 Å². The van der Waals surface area contributed by atoms with Gasteiger partial charge in [0, 0.05) is 24.3 Å². The van der Waals surface area contributed by atoms with Gasteiger partial charge in [-0.2, -0.15) is 5.10 Å². The zero-order chi connectivity index (χ0) is 27.6. The number of nitrogens with one attached hydrogen (secondary N) is 2. The Hall–Kier alpha value is -4.33. The van der Waals surface area contributed by atoms with Crippen molar-refractivity contribution in [1.82, 2.24) is 10.3 Å². The lowest BCUT2D eigenvalue weighted by Gasteiger charge is -2.26. The van der Waals surface area contributed by atoms with Gasteiger partial charge in [-0.25, -0.2) is 5.43 Å². The fourth-order valence-electron chi connectivity index (χ4n) is 4.32. The Labute approximate surface area is 230 Å². The Bertz CT molecular complexity index is 1310. The molecule has 3 aromatic rings. The van der Waals surface area contributed by atoms with E-state index in [9.17, 15) is 9.59 Å². The molecule has 0 spiro atoms. The highest BCUT2D eigenvalue weighted by Gasteiger charge is 2.18. The van der Waals surface area contributed by atoms with E-state index in [0.29, 0.717) is 23.7 Å². The molecular formula is C31H36N4O4. The van der Waals surface area contributed by atoms with E-state index in [1.165, 1.54) is 12.0 Å². The maximum Gasteiger partial charge on any atom is 0.259 e. The molecule has 8 heteroatoms. The molecular weight excluding hydrogens is 492 g/mol. The summed E-state index contributed by atoms with van der Waals surface area (Å²) in [5.74, 6) is 0.985. The highest BCUT2D eigenvalue weighted by molar-refractivity contribution is 5.94. The van der Waals surface area contributed by atoms with E-state index in [1.807, 2.05) is 67.3 Å². The third-order valence-electron chi connectivity index (χ3n) is 6.79. The van der Waals surface area contributed by atoms with E-state index in [0.717, 1.165) is 48.3 Å². The molecule has 0 aliphatic carbocycles. The molecule has 4 rings (SSSR count). The van der Waals surface area contributed by atoms with Crippen molar-refractivity contribution < 1.29 is 19.1 Å². The number of anilines is 1. The smallest absolute Gasteiger partial charge is 0.259 e. The molecule has 1 heterocycles. The standard InChI is InChI=1S/C31H36N4O4/c1-22-7-13-27(17-23(22)2)32-20-30(36)34-33-19-25-10-14-28(29(18-25)38-3)39-21-24-8-11-26(12-9-24)31(37)35-15-5-4-6-16-35/h7-14,17-19,32H,4-6,15-16,20-21H2,1-3H3,(H,34,36)/b33-19-. The summed E-state index contributed by atoms with van der Waals surface area (Å²) in [6.45, 7) is 6.21. The van der Waals surface area contributed by atoms with Crippen LogP contribution in [0.5, 0.6) is 11.5 Å². The molecule has 0 atom stereocenters. The largest absolute Gasteiger partial charge is 0.493 e. The summed E-state index contributed by atoms with van der Waals surface area (Å²) in [5, 5.41) is 7.14. The van der Waals surface area contributed by atoms with Crippen molar-refractivity contribution in [1.29, 1.82) is 0 Å². The molecule has 0 unspecified atom stereocenters.